The van der Waals surface area contributed by atoms with Crippen LogP contribution in [0.1, 0.15) is 22.9 Å². The standard InChI is InChI=1S/C18H17N5O2S/c1-9-11(3)26-18-16(9)17(19-8-20-18)23-22-10(2)12-4-5-14-13(6-12)21-15(24)7-25-14/h4-6,8H,7H2,1-3H3,(H,21,24)(H,19,20,23)/b22-10-. The molecule has 0 bridgehead atoms. The van der Waals surface area contributed by atoms with E-state index in [0.717, 1.165) is 27.1 Å². The van der Waals surface area contributed by atoms with Crippen LogP contribution in [-0.4, -0.2) is 28.2 Å². The Morgan fingerprint density at radius 1 is 1.35 bits per heavy atom. The average molecular weight is 367 g/mol. The number of fused-ring (bicyclic) bond motifs is 2. The van der Waals surface area contributed by atoms with Crippen LogP contribution in [0.3, 0.4) is 0 Å². The van der Waals surface area contributed by atoms with E-state index in [1.54, 1.807) is 11.3 Å². The van der Waals surface area contributed by atoms with Gasteiger partial charge in [-0.2, -0.15) is 5.10 Å². The monoisotopic (exact) mass is 367 g/mol. The Hall–Kier alpha value is -3.00. The van der Waals surface area contributed by atoms with Crippen molar-refractivity contribution in [2.75, 3.05) is 17.3 Å². The summed E-state index contributed by atoms with van der Waals surface area (Å²) in [4.78, 5) is 22.3. The smallest absolute Gasteiger partial charge is 0.262 e. The first-order valence-corrected chi connectivity index (χ1v) is 8.92. The van der Waals surface area contributed by atoms with Gasteiger partial charge in [0.1, 0.15) is 16.9 Å². The van der Waals surface area contributed by atoms with E-state index in [-0.39, 0.29) is 12.5 Å². The van der Waals surface area contributed by atoms with Crippen molar-refractivity contribution in [3.05, 3.63) is 40.5 Å². The Labute approximate surface area is 154 Å². The number of nitrogens with one attached hydrogen (secondary N) is 2. The van der Waals surface area contributed by atoms with Crippen molar-refractivity contribution in [3.8, 4) is 5.75 Å². The lowest BCUT2D eigenvalue weighted by Crippen LogP contribution is -2.25. The fraction of sp³-hybridized carbons (Fsp3) is 0.222. The SMILES string of the molecule is C/C(=N/Nc1ncnc2sc(C)c(C)c12)c1ccc2c(c1)NC(=O)CO2. The summed E-state index contributed by atoms with van der Waals surface area (Å²) in [5, 5.41) is 8.26. The van der Waals surface area contributed by atoms with Crippen LogP contribution in [0, 0.1) is 13.8 Å². The molecule has 0 fully saturated rings. The Balaban J connectivity index is 1.64. The highest BCUT2D eigenvalue weighted by molar-refractivity contribution is 7.18. The van der Waals surface area contributed by atoms with Crippen LogP contribution >= 0.6 is 11.3 Å². The van der Waals surface area contributed by atoms with Crippen LogP contribution in [0.25, 0.3) is 10.2 Å². The van der Waals surface area contributed by atoms with Gasteiger partial charge >= 0.3 is 0 Å². The second kappa shape index (κ2) is 6.38. The van der Waals surface area contributed by atoms with Gasteiger partial charge < -0.3 is 10.1 Å². The molecule has 1 aliphatic rings. The minimum absolute atomic E-state index is 0.0457. The number of thiophene rings is 1. The minimum atomic E-state index is -0.158. The largest absolute Gasteiger partial charge is 0.482 e. The molecule has 8 heteroatoms. The van der Waals surface area contributed by atoms with Crippen LogP contribution in [0.4, 0.5) is 11.5 Å². The van der Waals surface area contributed by atoms with Gasteiger partial charge in [0, 0.05) is 4.88 Å². The van der Waals surface area contributed by atoms with Crippen molar-refractivity contribution in [2.24, 2.45) is 5.10 Å². The predicted molar refractivity (Wildman–Crippen MR) is 103 cm³/mol. The number of carbonyl (C=O) groups is 1. The maximum atomic E-state index is 11.5. The van der Waals surface area contributed by atoms with Crippen molar-refractivity contribution in [2.45, 2.75) is 20.8 Å². The van der Waals surface area contributed by atoms with Gasteiger partial charge in [0.15, 0.2) is 12.4 Å². The third-order valence-electron chi connectivity index (χ3n) is 4.33. The number of hydrazone groups is 1. The maximum absolute atomic E-state index is 11.5. The lowest BCUT2D eigenvalue weighted by Gasteiger charge is -2.18. The number of aryl methyl sites for hydroxylation is 2. The zero-order valence-corrected chi connectivity index (χ0v) is 15.4. The Bertz CT molecular complexity index is 1060. The van der Waals surface area contributed by atoms with Gasteiger partial charge in [0.05, 0.1) is 16.8 Å². The van der Waals surface area contributed by atoms with E-state index >= 15 is 0 Å². The molecule has 26 heavy (non-hydrogen) atoms. The summed E-state index contributed by atoms with van der Waals surface area (Å²) in [7, 11) is 0. The van der Waals surface area contributed by atoms with Crippen molar-refractivity contribution in [3.63, 3.8) is 0 Å². The summed E-state index contributed by atoms with van der Waals surface area (Å²) in [6.45, 7) is 6.07. The summed E-state index contributed by atoms with van der Waals surface area (Å²) in [6.07, 6.45) is 1.54. The minimum Gasteiger partial charge on any atom is -0.482 e. The van der Waals surface area contributed by atoms with E-state index in [0.29, 0.717) is 17.3 Å². The number of hydrogen-bond acceptors (Lipinski definition) is 7. The first kappa shape index (κ1) is 16.5. The molecule has 0 radical (unpaired) electrons. The first-order valence-electron chi connectivity index (χ1n) is 8.11. The van der Waals surface area contributed by atoms with Crippen LogP contribution < -0.4 is 15.5 Å². The normalized spacial score (nSPS) is 14.0. The van der Waals surface area contributed by atoms with E-state index in [9.17, 15) is 4.79 Å². The molecule has 0 atom stereocenters. The highest BCUT2D eigenvalue weighted by Crippen LogP contribution is 2.32. The topological polar surface area (TPSA) is 88.5 Å². The summed E-state index contributed by atoms with van der Waals surface area (Å²) in [6, 6.07) is 5.59. The van der Waals surface area contributed by atoms with Crippen molar-refractivity contribution >= 4 is 44.7 Å². The fourth-order valence-electron chi connectivity index (χ4n) is 2.78. The molecule has 0 aliphatic carbocycles. The summed E-state index contributed by atoms with van der Waals surface area (Å²) >= 11 is 1.65. The van der Waals surface area contributed by atoms with Crippen molar-refractivity contribution in [1.29, 1.82) is 0 Å². The number of ether oxygens (including phenoxy) is 1. The maximum Gasteiger partial charge on any atom is 0.262 e. The summed E-state index contributed by atoms with van der Waals surface area (Å²) < 4.78 is 5.38. The Kier molecular flexibility index (Phi) is 4.04. The predicted octanol–water partition coefficient (Wildman–Crippen LogP) is 3.48. The molecule has 0 unspecified atom stereocenters. The number of hydrogen-bond donors (Lipinski definition) is 2. The summed E-state index contributed by atoms with van der Waals surface area (Å²) in [5.74, 6) is 1.19. The van der Waals surface area contributed by atoms with Crippen LogP contribution in [0.2, 0.25) is 0 Å². The van der Waals surface area contributed by atoms with E-state index < -0.39 is 0 Å². The highest BCUT2D eigenvalue weighted by atomic mass is 32.1. The Morgan fingerprint density at radius 3 is 3.04 bits per heavy atom. The van der Waals surface area contributed by atoms with Gasteiger partial charge in [-0.05, 0) is 50.1 Å². The van der Waals surface area contributed by atoms with Gasteiger partial charge in [-0.3, -0.25) is 10.2 Å². The van der Waals surface area contributed by atoms with Gasteiger partial charge in [-0.1, -0.05) is 0 Å². The third kappa shape index (κ3) is 2.88. The fourth-order valence-corrected chi connectivity index (χ4v) is 3.77. The zero-order valence-electron chi connectivity index (χ0n) is 14.6. The van der Waals surface area contributed by atoms with Crippen molar-refractivity contribution < 1.29 is 9.53 Å². The number of benzene rings is 1. The number of aromatic nitrogens is 2. The van der Waals surface area contributed by atoms with Crippen LogP contribution in [-0.2, 0) is 4.79 Å². The van der Waals surface area contributed by atoms with E-state index in [1.807, 2.05) is 25.1 Å². The molecule has 4 rings (SSSR count). The van der Waals surface area contributed by atoms with Gasteiger partial charge in [-0.15, -0.1) is 11.3 Å². The molecule has 0 saturated heterocycles. The van der Waals surface area contributed by atoms with Crippen LogP contribution in [0.15, 0.2) is 29.6 Å². The van der Waals surface area contributed by atoms with Gasteiger partial charge in [0.2, 0.25) is 0 Å². The second-order valence-electron chi connectivity index (χ2n) is 6.04. The molecule has 1 aromatic carbocycles. The number of amides is 1. The molecule has 1 amide bonds. The number of nitrogens with zero attached hydrogens (tertiary/aromatic N) is 3. The molecule has 3 heterocycles. The average Bonchev–Trinajstić information content (AvgIpc) is 2.93. The molecule has 132 valence electrons. The quantitative estimate of drug-likeness (QED) is 0.547. The van der Waals surface area contributed by atoms with E-state index in [4.69, 9.17) is 4.74 Å². The number of carbonyl (C=O) groups excluding carboxylic acids is 1. The molecule has 3 aromatic rings. The third-order valence-corrected chi connectivity index (χ3v) is 5.44. The van der Waals surface area contributed by atoms with E-state index in [1.165, 1.54) is 11.2 Å². The summed E-state index contributed by atoms with van der Waals surface area (Å²) in [5.41, 5.74) is 6.52. The molecule has 7 nitrogen and oxygen atoms in total. The zero-order chi connectivity index (χ0) is 18.3. The molecule has 0 saturated carbocycles. The molecular formula is C18H17N5O2S. The van der Waals surface area contributed by atoms with E-state index in [2.05, 4.69) is 39.7 Å². The number of rotatable bonds is 3. The molecular weight excluding hydrogens is 350 g/mol. The lowest BCUT2D eigenvalue weighted by molar-refractivity contribution is -0.118. The first-order chi connectivity index (χ1) is 12.5. The Morgan fingerprint density at radius 2 is 2.19 bits per heavy atom. The molecule has 1 aliphatic heterocycles. The van der Waals surface area contributed by atoms with Gasteiger partial charge in [0.25, 0.3) is 5.91 Å². The molecule has 2 N–H and O–H groups in total. The van der Waals surface area contributed by atoms with Crippen LogP contribution in [0.5, 0.6) is 5.75 Å². The molecule has 0 spiro atoms. The molecule has 2 aromatic heterocycles. The lowest BCUT2D eigenvalue weighted by atomic mass is 10.1. The highest BCUT2D eigenvalue weighted by Gasteiger charge is 2.16. The van der Waals surface area contributed by atoms with Gasteiger partial charge in [-0.25, -0.2) is 9.97 Å². The number of anilines is 2. The second-order valence-corrected chi connectivity index (χ2v) is 7.25. The van der Waals surface area contributed by atoms with Crippen molar-refractivity contribution in [1.82, 2.24) is 9.97 Å².